The maximum atomic E-state index is 14.1. The normalized spacial score (nSPS) is 12.7. The molecule has 0 heterocycles. The first-order valence-electron chi connectivity index (χ1n) is 13.4. The van der Waals surface area contributed by atoms with E-state index in [1.165, 1.54) is 57.5 Å². The minimum absolute atomic E-state index is 0.0651. The van der Waals surface area contributed by atoms with Crippen LogP contribution in [-0.4, -0.2) is 63.3 Å². The Morgan fingerprint density at radius 2 is 1.56 bits per heavy atom. The topological polar surface area (TPSA) is 178 Å². The van der Waals surface area contributed by atoms with E-state index in [2.05, 4.69) is 10.0 Å². The van der Waals surface area contributed by atoms with Gasteiger partial charge >= 0.3 is 13.3 Å². The smallest absolute Gasteiger partial charge is 0.399 e. The summed E-state index contributed by atoms with van der Waals surface area (Å²) in [7, 11) is -7.17. The Morgan fingerprint density at radius 1 is 0.978 bits per heavy atom. The predicted molar refractivity (Wildman–Crippen MR) is 159 cm³/mol. The summed E-state index contributed by atoms with van der Waals surface area (Å²) < 4.78 is 83.9. The number of hydrogen-bond donors (Lipinski definition) is 4. The third kappa shape index (κ3) is 9.08. The summed E-state index contributed by atoms with van der Waals surface area (Å²) in [6.07, 6.45) is 0.0212. The summed E-state index contributed by atoms with van der Waals surface area (Å²) in [5, 5.41) is 2.63. The van der Waals surface area contributed by atoms with E-state index in [1.807, 2.05) is 0 Å². The molecule has 0 fully saturated rings. The molecule has 0 bridgehead atoms. The molecular formula is C29H33F2N2O10PS. The first kappa shape index (κ1) is 35.6. The molecule has 1 atom stereocenters. The van der Waals surface area contributed by atoms with Crippen LogP contribution in [0.3, 0.4) is 0 Å². The molecule has 0 aliphatic carbocycles. The third-order valence-corrected chi connectivity index (χ3v) is 8.97. The van der Waals surface area contributed by atoms with Crippen LogP contribution < -0.4 is 24.2 Å². The highest BCUT2D eigenvalue weighted by atomic mass is 32.2. The molecule has 3 rings (SSSR count). The van der Waals surface area contributed by atoms with Gasteiger partial charge in [-0.1, -0.05) is 42.5 Å². The first-order chi connectivity index (χ1) is 21.1. The number of halogens is 2. The van der Waals surface area contributed by atoms with Crippen molar-refractivity contribution in [1.29, 1.82) is 0 Å². The minimum Gasteiger partial charge on any atom is -0.496 e. The Kier molecular flexibility index (Phi) is 11.8. The Hall–Kier alpha value is -3.88. The van der Waals surface area contributed by atoms with Crippen molar-refractivity contribution in [3.8, 4) is 17.2 Å². The van der Waals surface area contributed by atoms with Crippen molar-refractivity contribution in [2.45, 2.75) is 36.4 Å². The Balaban J connectivity index is 1.71. The molecule has 0 aliphatic heterocycles. The van der Waals surface area contributed by atoms with Gasteiger partial charge in [0.25, 0.3) is 0 Å². The molecular weight excluding hydrogens is 637 g/mol. The Morgan fingerprint density at radius 3 is 2.07 bits per heavy atom. The van der Waals surface area contributed by atoms with Gasteiger partial charge in [-0.2, -0.15) is 13.5 Å². The summed E-state index contributed by atoms with van der Waals surface area (Å²) in [6, 6.07) is 12.8. The van der Waals surface area contributed by atoms with Crippen molar-refractivity contribution in [2.24, 2.45) is 0 Å². The number of benzene rings is 3. The lowest BCUT2D eigenvalue weighted by molar-refractivity contribution is -0.122. The SMILES string of the molecule is COc1cc(OCCCNC(=O)[C@H](Cc2ccc(C(F)(F)P(=O)(O)O)cc2)NS(=O)(=O)c2ccccc2)cc(OC)c1C(C)=O. The van der Waals surface area contributed by atoms with Crippen LogP contribution in [0, 0.1) is 0 Å². The first-order valence-corrected chi connectivity index (χ1v) is 16.5. The third-order valence-electron chi connectivity index (χ3n) is 6.49. The fourth-order valence-corrected chi connectivity index (χ4v) is 5.91. The van der Waals surface area contributed by atoms with Crippen LogP contribution in [0.4, 0.5) is 8.78 Å². The van der Waals surface area contributed by atoms with Crippen LogP contribution in [0.25, 0.3) is 0 Å². The number of ketones is 1. The van der Waals surface area contributed by atoms with Gasteiger partial charge in [0.2, 0.25) is 15.9 Å². The standard InChI is InChI=1S/C29H33F2N2O10PS/c1-19(34)27-25(41-2)17-22(18-26(27)42-3)43-15-7-14-32-28(35)24(33-45(39,40)23-8-5-4-6-9-23)16-20-10-12-21(13-11-20)29(30,31)44(36,37)38/h4-6,8-13,17-18,24,33H,7,14-16H2,1-3H3,(H,32,35)(H2,36,37,38)/t24-/m0/s1. The lowest BCUT2D eigenvalue weighted by Crippen LogP contribution is -2.48. The number of rotatable bonds is 16. The number of hydrogen-bond acceptors (Lipinski definition) is 8. The van der Waals surface area contributed by atoms with Crippen molar-refractivity contribution in [3.05, 3.63) is 83.4 Å². The van der Waals surface area contributed by atoms with Crippen molar-refractivity contribution in [1.82, 2.24) is 10.0 Å². The van der Waals surface area contributed by atoms with Gasteiger partial charge in [0.05, 0.1) is 25.7 Å². The molecule has 0 radical (unpaired) electrons. The van der Waals surface area contributed by atoms with E-state index < -0.39 is 40.8 Å². The lowest BCUT2D eigenvalue weighted by Gasteiger charge is -2.20. The zero-order chi connectivity index (χ0) is 33.4. The number of amides is 1. The summed E-state index contributed by atoms with van der Waals surface area (Å²) in [6.45, 7) is 1.55. The maximum Gasteiger partial charge on any atom is 0.399 e. The highest BCUT2D eigenvalue weighted by Gasteiger charge is 2.50. The van der Waals surface area contributed by atoms with Gasteiger partial charge in [-0.05, 0) is 37.5 Å². The zero-order valence-corrected chi connectivity index (χ0v) is 26.2. The lowest BCUT2D eigenvalue weighted by atomic mass is 10.0. The molecule has 244 valence electrons. The molecule has 3 aromatic rings. The van der Waals surface area contributed by atoms with E-state index in [0.717, 1.165) is 24.3 Å². The fraction of sp³-hybridized carbons (Fsp3) is 0.310. The number of ether oxygens (including phenoxy) is 3. The summed E-state index contributed by atoms with van der Waals surface area (Å²) in [5.74, 6) is -0.102. The number of methoxy groups -OCH3 is 2. The molecule has 0 aromatic heterocycles. The van der Waals surface area contributed by atoms with E-state index in [-0.39, 0.29) is 59.3 Å². The van der Waals surface area contributed by atoms with E-state index in [0.29, 0.717) is 5.75 Å². The number of carbonyl (C=O) groups is 2. The van der Waals surface area contributed by atoms with Gasteiger partial charge in [-0.15, -0.1) is 0 Å². The van der Waals surface area contributed by atoms with Crippen molar-refractivity contribution < 1.29 is 55.4 Å². The second-order valence-corrected chi connectivity index (χ2v) is 13.1. The van der Waals surface area contributed by atoms with Crippen molar-refractivity contribution in [2.75, 3.05) is 27.4 Å². The molecule has 45 heavy (non-hydrogen) atoms. The average molecular weight is 671 g/mol. The Labute approximate surface area is 258 Å². The predicted octanol–water partition coefficient (Wildman–Crippen LogP) is 3.61. The molecule has 1 amide bonds. The monoisotopic (exact) mass is 670 g/mol. The molecule has 0 spiro atoms. The van der Waals surface area contributed by atoms with Crippen LogP contribution in [0.15, 0.2) is 71.6 Å². The highest BCUT2D eigenvalue weighted by Crippen LogP contribution is 2.59. The number of Topliss-reactive ketones (excluding diaryl/α,β-unsaturated/α-hetero) is 1. The van der Waals surface area contributed by atoms with Crippen molar-refractivity contribution >= 4 is 29.3 Å². The van der Waals surface area contributed by atoms with E-state index in [9.17, 15) is 31.4 Å². The van der Waals surface area contributed by atoms with E-state index in [1.54, 1.807) is 6.07 Å². The largest absolute Gasteiger partial charge is 0.496 e. The molecule has 12 nitrogen and oxygen atoms in total. The average Bonchev–Trinajstić information content (AvgIpc) is 2.99. The quantitative estimate of drug-likeness (QED) is 0.100. The van der Waals surface area contributed by atoms with Crippen LogP contribution in [0.5, 0.6) is 17.2 Å². The summed E-state index contributed by atoms with van der Waals surface area (Å²) in [5.41, 5.74) is -4.85. The molecule has 0 unspecified atom stereocenters. The zero-order valence-electron chi connectivity index (χ0n) is 24.5. The number of alkyl halides is 2. The summed E-state index contributed by atoms with van der Waals surface area (Å²) in [4.78, 5) is 43.0. The number of nitrogens with one attached hydrogen (secondary N) is 2. The van der Waals surface area contributed by atoms with Gasteiger partial charge in [0.1, 0.15) is 28.9 Å². The number of carbonyl (C=O) groups excluding carboxylic acids is 2. The molecule has 0 saturated heterocycles. The highest BCUT2D eigenvalue weighted by molar-refractivity contribution is 7.89. The summed E-state index contributed by atoms with van der Waals surface area (Å²) >= 11 is 0. The molecule has 0 aliphatic rings. The van der Waals surface area contributed by atoms with E-state index >= 15 is 0 Å². The second kappa shape index (κ2) is 14.9. The second-order valence-electron chi connectivity index (χ2n) is 9.73. The van der Waals surface area contributed by atoms with E-state index in [4.69, 9.17) is 24.0 Å². The molecule has 16 heteroatoms. The van der Waals surface area contributed by atoms with Crippen LogP contribution in [-0.2, 0) is 31.5 Å². The van der Waals surface area contributed by atoms with Gasteiger partial charge in [-0.3, -0.25) is 14.2 Å². The fourth-order valence-electron chi connectivity index (χ4n) is 4.20. The minimum atomic E-state index is -5.79. The number of sulfonamides is 1. The van der Waals surface area contributed by atoms with Gasteiger partial charge < -0.3 is 29.3 Å². The molecule has 3 aromatic carbocycles. The van der Waals surface area contributed by atoms with Crippen LogP contribution in [0.1, 0.15) is 34.8 Å². The van der Waals surface area contributed by atoms with Gasteiger partial charge in [-0.25, -0.2) is 8.42 Å². The van der Waals surface area contributed by atoms with Gasteiger partial charge in [0, 0.05) is 24.2 Å². The van der Waals surface area contributed by atoms with Crippen LogP contribution in [0.2, 0.25) is 0 Å². The van der Waals surface area contributed by atoms with Crippen molar-refractivity contribution in [3.63, 3.8) is 0 Å². The molecule has 4 N–H and O–H groups in total. The van der Waals surface area contributed by atoms with Gasteiger partial charge in [0.15, 0.2) is 5.78 Å². The van der Waals surface area contributed by atoms with Crippen LogP contribution >= 0.6 is 7.60 Å². The molecule has 0 saturated carbocycles. The maximum absolute atomic E-state index is 14.1. The Bertz CT molecular complexity index is 1620.